The van der Waals surface area contributed by atoms with Gasteiger partial charge in [0.05, 0.1) is 0 Å². The molecule has 2 rings (SSSR count). The Morgan fingerprint density at radius 2 is 1.38 bits per heavy atom. The molecule has 2 saturated carbocycles. The summed E-state index contributed by atoms with van der Waals surface area (Å²) in [4.78, 5) is 0. The van der Waals surface area contributed by atoms with Crippen LogP contribution in [0.5, 0.6) is 0 Å². The van der Waals surface area contributed by atoms with Gasteiger partial charge in [-0.25, -0.2) is 0 Å². The number of hydrogen-bond donors (Lipinski definition) is 0. The molecule has 0 heteroatoms. The monoisotopic (exact) mass is 222 g/mol. The summed E-state index contributed by atoms with van der Waals surface area (Å²) in [5.74, 6) is 5.23. The van der Waals surface area contributed by atoms with E-state index in [1.807, 2.05) is 0 Å². The van der Waals surface area contributed by atoms with Crippen LogP contribution in [0, 0.1) is 29.6 Å². The van der Waals surface area contributed by atoms with Gasteiger partial charge in [0.15, 0.2) is 0 Å². The van der Waals surface area contributed by atoms with Crippen molar-refractivity contribution in [1.29, 1.82) is 0 Å². The van der Waals surface area contributed by atoms with Crippen molar-refractivity contribution in [3.63, 3.8) is 0 Å². The molecule has 3 atom stereocenters. The quantitative estimate of drug-likeness (QED) is 0.596. The smallest absolute Gasteiger partial charge is 0.0383 e. The number of rotatable bonds is 2. The molecule has 0 nitrogen and oxygen atoms in total. The zero-order valence-electron chi connectivity index (χ0n) is 11.5. The summed E-state index contributed by atoms with van der Waals surface area (Å²) < 4.78 is 0. The highest BCUT2D eigenvalue weighted by molar-refractivity contribution is 4.83. The van der Waals surface area contributed by atoms with E-state index in [-0.39, 0.29) is 0 Å². The standard InChI is InChI=1S/C16H30/c1-4-14-6-9-15(10-7-14)16-8-5-12(2)13(3)11-16/h12-16H,4-11H2,1-3H3/t12-,13?,14?,15?,16-/m1/s1. The summed E-state index contributed by atoms with van der Waals surface area (Å²) in [5, 5.41) is 0. The van der Waals surface area contributed by atoms with Crippen LogP contribution in [0.15, 0.2) is 0 Å². The van der Waals surface area contributed by atoms with Crippen LogP contribution in [0.25, 0.3) is 0 Å². The van der Waals surface area contributed by atoms with Crippen molar-refractivity contribution < 1.29 is 0 Å². The minimum atomic E-state index is 0.989. The molecule has 0 radical (unpaired) electrons. The van der Waals surface area contributed by atoms with Crippen LogP contribution < -0.4 is 0 Å². The van der Waals surface area contributed by atoms with Crippen molar-refractivity contribution in [2.75, 3.05) is 0 Å². The van der Waals surface area contributed by atoms with Crippen molar-refractivity contribution in [2.24, 2.45) is 29.6 Å². The van der Waals surface area contributed by atoms with Crippen molar-refractivity contribution in [1.82, 2.24) is 0 Å². The molecule has 0 aromatic heterocycles. The molecule has 0 aromatic carbocycles. The van der Waals surface area contributed by atoms with Crippen LogP contribution in [0.1, 0.15) is 72.1 Å². The van der Waals surface area contributed by atoms with E-state index in [1.54, 1.807) is 12.8 Å². The fourth-order valence-corrected chi connectivity index (χ4v) is 4.09. The predicted octanol–water partition coefficient (Wildman–Crippen LogP) is 5.28. The first-order valence-electron chi connectivity index (χ1n) is 7.70. The molecule has 0 heterocycles. The Morgan fingerprint density at radius 1 is 0.750 bits per heavy atom. The van der Waals surface area contributed by atoms with Gasteiger partial charge in [-0.2, -0.15) is 0 Å². The zero-order valence-corrected chi connectivity index (χ0v) is 11.5. The van der Waals surface area contributed by atoms with Gasteiger partial charge in [-0.05, 0) is 55.3 Å². The second kappa shape index (κ2) is 5.56. The van der Waals surface area contributed by atoms with Crippen LogP contribution in [-0.2, 0) is 0 Å². The molecular weight excluding hydrogens is 192 g/mol. The lowest BCUT2D eigenvalue weighted by Crippen LogP contribution is -2.28. The van der Waals surface area contributed by atoms with Crippen LogP contribution in [0.3, 0.4) is 0 Å². The topological polar surface area (TPSA) is 0 Å². The van der Waals surface area contributed by atoms with E-state index in [0.29, 0.717) is 0 Å². The first-order chi connectivity index (χ1) is 7.70. The highest BCUT2D eigenvalue weighted by Crippen LogP contribution is 2.43. The minimum absolute atomic E-state index is 0.989. The van der Waals surface area contributed by atoms with Crippen LogP contribution >= 0.6 is 0 Å². The van der Waals surface area contributed by atoms with Crippen molar-refractivity contribution in [2.45, 2.75) is 72.1 Å². The van der Waals surface area contributed by atoms with Crippen LogP contribution in [0.4, 0.5) is 0 Å². The van der Waals surface area contributed by atoms with E-state index in [2.05, 4.69) is 20.8 Å². The molecule has 94 valence electrons. The Balaban J connectivity index is 1.81. The Bertz CT molecular complexity index is 200. The normalized spacial score (nSPS) is 45.6. The van der Waals surface area contributed by atoms with Gasteiger partial charge in [0.25, 0.3) is 0 Å². The lowest BCUT2D eigenvalue weighted by molar-refractivity contribution is 0.116. The maximum absolute atomic E-state index is 2.48. The first kappa shape index (κ1) is 12.5. The van der Waals surface area contributed by atoms with Gasteiger partial charge in [0.1, 0.15) is 0 Å². The molecule has 16 heavy (non-hydrogen) atoms. The molecule has 0 bridgehead atoms. The maximum Gasteiger partial charge on any atom is -0.0383 e. The van der Waals surface area contributed by atoms with Gasteiger partial charge in [0, 0.05) is 0 Å². The summed E-state index contributed by atoms with van der Waals surface area (Å²) in [6.45, 7) is 7.30. The summed E-state index contributed by atoms with van der Waals surface area (Å²) >= 11 is 0. The summed E-state index contributed by atoms with van der Waals surface area (Å²) in [7, 11) is 0. The van der Waals surface area contributed by atoms with Crippen molar-refractivity contribution >= 4 is 0 Å². The Morgan fingerprint density at radius 3 is 1.94 bits per heavy atom. The van der Waals surface area contributed by atoms with E-state index in [4.69, 9.17) is 0 Å². The lowest BCUT2D eigenvalue weighted by Gasteiger charge is -2.39. The highest BCUT2D eigenvalue weighted by Gasteiger charge is 2.32. The molecule has 2 fully saturated rings. The fourth-order valence-electron chi connectivity index (χ4n) is 4.09. The van der Waals surface area contributed by atoms with Gasteiger partial charge in [-0.3, -0.25) is 0 Å². The average Bonchev–Trinajstić information content (AvgIpc) is 2.33. The minimum Gasteiger partial charge on any atom is -0.0651 e. The molecule has 2 aliphatic carbocycles. The molecule has 0 saturated heterocycles. The third-order valence-corrected chi connectivity index (χ3v) is 5.77. The summed E-state index contributed by atoms with van der Waals surface area (Å²) in [6.07, 6.45) is 12.1. The van der Waals surface area contributed by atoms with E-state index >= 15 is 0 Å². The molecule has 1 unspecified atom stereocenters. The molecule has 0 spiro atoms. The predicted molar refractivity (Wildman–Crippen MR) is 71.4 cm³/mol. The van der Waals surface area contributed by atoms with Gasteiger partial charge >= 0.3 is 0 Å². The molecule has 0 aliphatic heterocycles. The van der Waals surface area contributed by atoms with Gasteiger partial charge in [-0.15, -0.1) is 0 Å². The maximum atomic E-state index is 2.48. The van der Waals surface area contributed by atoms with E-state index < -0.39 is 0 Å². The zero-order chi connectivity index (χ0) is 11.5. The largest absolute Gasteiger partial charge is 0.0651 e. The first-order valence-corrected chi connectivity index (χ1v) is 7.70. The lowest BCUT2D eigenvalue weighted by atomic mass is 9.66. The second-order valence-electron chi connectivity index (χ2n) is 6.72. The van der Waals surface area contributed by atoms with E-state index in [9.17, 15) is 0 Å². The van der Waals surface area contributed by atoms with Gasteiger partial charge in [-0.1, -0.05) is 46.5 Å². The Kier molecular flexibility index (Phi) is 4.33. The Labute approximate surface area is 102 Å². The summed E-state index contributed by atoms with van der Waals surface area (Å²) in [6, 6.07) is 0. The van der Waals surface area contributed by atoms with Crippen molar-refractivity contribution in [3.05, 3.63) is 0 Å². The SMILES string of the molecule is CCC1CCC([C@@H]2CC[C@@H](C)C(C)C2)CC1. The Hall–Kier alpha value is 0. The molecular formula is C16H30. The van der Waals surface area contributed by atoms with Crippen LogP contribution in [-0.4, -0.2) is 0 Å². The fraction of sp³-hybridized carbons (Fsp3) is 1.00. The molecule has 2 aliphatic rings. The van der Waals surface area contributed by atoms with E-state index in [1.165, 1.54) is 38.5 Å². The summed E-state index contributed by atoms with van der Waals surface area (Å²) in [5.41, 5.74) is 0. The number of hydrogen-bond acceptors (Lipinski definition) is 0. The second-order valence-corrected chi connectivity index (χ2v) is 6.72. The third kappa shape index (κ3) is 2.81. The average molecular weight is 222 g/mol. The van der Waals surface area contributed by atoms with Crippen molar-refractivity contribution in [3.8, 4) is 0 Å². The van der Waals surface area contributed by atoms with E-state index in [0.717, 1.165) is 29.6 Å². The molecule has 0 aromatic rings. The van der Waals surface area contributed by atoms with Crippen LogP contribution in [0.2, 0.25) is 0 Å². The van der Waals surface area contributed by atoms with Gasteiger partial charge in [0.2, 0.25) is 0 Å². The highest BCUT2D eigenvalue weighted by atomic mass is 14.4. The molecule has 0 N–H and O–H groups in total. The third-order valence-electron chi connectivity index (χ3n) is 5.77. The molecule has 0 amide bonds. The van der Waals surface area contributed by atoms with Gasteiger partial charge < -0.3 is 0 Å².